The molecule has 0 radical (unpaired) electrons. The predicted octanol–water partition coefficient (Wildman–Crippen LogP) is 3.75. The molecule has 0 aliphatic carbocycles. The second-order valence-electron chi connectivity index (χ2n) is 5.91. The van der Waals surface area contributed by atoms with E-state index >= 15 is 0 Å². The molecule has 0 rings (SSSR count). The van der Waals surface area contributed by atoms with E-state index in [-0.39, 0.29) is 17.4 Å². The van der Waals surface area contributed by atoms with Crippen molar-refractivity contribution in [3.05, 3.63) is 0 Å². The second-order valence-corrected chi connectivity index (χ2v) is 9.00. The molecule has 0 saturated carbocycles. The molecule has 0 fully saturated rings. The van der Waals surface area contributed by atoms with Crippen LogP contribution in [0.3, 0.4) is 0 Å². The molecule has 31 heavy (non-hydrogen) atoms. The lowest BCUT2D eigenvalue weighted by Gasteiger charge is -2.36. The van der Waals surface area contributed by atoms with E-state index in [4.69, 9.17) is 13.3 Å². The largest absolute Gasteiger partial charge is 0.500 e. The fraction of sp³-hybridized carbons (Fsp3) is 0.923. The van der Waals surface area contributed by atoms with Crippen molar-refractivity contribution >= 4 is 14.7 Å². The van der Waals surface area contributed by atoms with Gasteiger partial charge in [-0.2, -0.15) is 48.3 Å². The molecule has 0 aromatic carbocycles. The quantitative estimate of drug-likeness (QED) is 0.317. The van der Waals surface area contributed by atoms with Crippen LogP contribution in [0.5, 0.6) is 0 Å². The summed E-state index contributed by atoms with van der Waals surface area (Å²) in [6.45, 7) is -0.823. The lowest BCUT2D eigenvalue weighted by Crippen LogP contribution is -2.63. The van der Waals surface area contributed by atoms with Crippen LogP contribution in [-0.4, -0.2) is 84.8 Å². The molecule has 0 saturated heterocycles. The third kappa shape index (κ3) is 6.17. The van der Waals surface area contributed by atoms with Gasteiger partial charge in [0.2, 0.25) is 0 Å². The van der Waals surface area contributed by atoms with Crippen molar-refractivity contribution in [2.45, 2.75) is 42.7 Å². The highest BCUT2D eigenvalue weighted by Crippen LogP contribution is 2.51. The molecule has 0 aliphatic rings. The zero-order chi connectivity index (χ0) is 25.1. The van der Waals surface area contributed by atoms with Crippen LogP contribution < -0.4 is 0 Å². The number of carbonyl (C=O) groups is 1. The zero-order valence-electron chi connectivity index (χ0n) is 16.3. The topological polar surface area (TPSA) is 57.2 Å². The average Bonchev–Trinajstić information content (AvgIpc) is 2.62. The maximum Gasteiger partial charge on any atom is 0.500 e. The van der Waals surface area contributed by atoms with E-state index in [0.29, 0.717) is 7.05 Å². The number of alkyl halides is 11. The highest BCUT2D eigenvalue weighted by molar-refractivity contribution is 6.60. The normalized spacial score (nSPS) is 16.2. The maximum absolute atomic E-state index is 14.2. The molecule has 0 aromatic rings. The van der Waals surface area contributed by atoms with E-state index < -0.39 is 51.5 Å². The molecular weight excluding hydrogens is 487 g/mol. The first-order chi connectivity index (χ1) is 13.7. The Hall–Kier alpha value is -1.24. The summed E-state index contributed by atoms with van der Waals surface area (Å²) in [5.41, 5.74) is 0. The molecule has 1 amide bonds. The Labute approximate surface area is 169 Å². The minimum absolute atomic E-state index is 0.178. The molecule has 0 bridgehead atoms. The van der Waals surface area contributed by atoms with Gasteiger partial charge in [-0.15, -0.1) is 0 Å². The predicted molar refractivity (Wildman–Crippen MR) is 80.8 cm³/mol. The number of halogens is 11. The van der Waals surface area contributed by atoms with Crippen LogP contribution >= 0.6 is 0 Å². The van der Waals surface area contributed by atoms with E-state index in [1.807, 2.05) is 0 Å². The Kier molecular flexibility index (Phi) is 9.32. The van der Waals surface area contributed by atoms with Crippen molar-refractivity contribution in [3.8, 4) is 0 Å². The van der Waals surface area contributed by atoms with Gasteiger partial charge in [-0.05, 0) is 6.42 Å². The van der Waals surface area contributed by atoms with Gasteiger partial charge in [-0.1, -0.05) is 0 Å². The van der Waals surface area contributed by atoms with Gasteiger partial charge in [-0.3, -0.25) is 9.53 Å². The first-order valence-electron chi connectivity index (χ1n) is 7.87. The monoisotopic (exact) mass is 505 g/mol. The van der Waals surface area contributed by atoms with Crippen molar-refractivity contribution in [1.82, 2.24) is 4.90 Å². The summed E-state index contributed by atoms with van der Waals surface area (Å²) in [4.78, 5) is 11.6. The summed E-state index contributed by atoms with van der Waals surface area (Å²) in [7, 11) is 0.592. The van der Waals surface area contributed by atoms with Crippen LogP contribution in [0.2, 0.25) is 6.04 Å². The van der Waals surface area contributed by atoms with Gasteiger partial charge < -0.3 is 18.2 Å². The van der Waals surface area contributed by atoms with Gasteiger partial charge in [0.05, 0.1) is 0 Å². The second kappa shape index (κ2) is 9.71. The van der Waals surface area contributed by atoms with E-state index in [1.165, 1.54) is 0 Å². The van der Waals surface area contributed by atoms with Gasteiger partial charge >= 0.3 is 39.0 Å². The Morgan fingerprint density at radius 2 is 1.23 bits per heavy atom. The number of nitrogens with zero attached hydrogens (tertiary/aromatic N) is 1. The first kappa shape index (κ1) is 29.8. The van der Waals surface area contributed by atoms with Gasteiger partial charge in [-0.25, -0.2) is 0 Å². The molecule has 6 nitrogen and oxygen atoms in total. The minimum atomic E-state index is -7.25. The third-order valence-corrected chi connectivity index (χ3v) is 6.72. The number of amides is 1. The van der Waals surface area contributed by atoms with E-state index in [2.05, 4.69) is 4.74 Å². The fourth-order valence-electron chi connectivity index (χ4n) is 2.06. The number of ether oxygens (including phenoxy) is 1. The third-order valence-electron chi connectivity index (χ3n) is 3.89. The van der Waals surface area contributed by atoms with Gasteiger partial charge in [0.15, 0.2) is 0 Å². The van der Waals surface area contributed by atoms with Crippen molar-refractivity contribution < 1.29 is 71.1 Å². The van der Waals surface area contributed by atoms with Gasteiger partial charge in [0.25, 0.3) is 5.91 Å². The van der Waals surface area contributed by atoms with Gasteiger partial charge in [0, 0.05) is 41.0 Å². The summed E-state index contributed by atoms with van der Waals surface area (Å²) in [5.74, 6) is -16.5. The molecule has 0 aliphatic heterocycles. The number of likely N-dealkylation sites (N-methyl/N-ethyl adjacent to an activating group) is 1. The molecule has 0 N–H and O–H groups in total. The standard InChI is InChI=1S/C13H18F11NO5Si/c1-25(6-5-7-31(27-2,28-3)29-4)8(26)9(14,11(17,18)19)30-13(23,24)10(15,16)12(20,21)22/h5-7H2,1-4H3. The maximum atomic E-state index is 14.2. The van der Waals surface area contributed by atoms with E-state index in [1.54, 1.807) is 0 Å². The molecular formula is C13H18F11NO5Si. The molecule has 0 spiro atoms. The van der Waals surface area contributed by atoms with Gasteiger partial charge in [0.1, 0.15) is 0 Å². The Morgan fingerprint density at radius 3 is 1.55 bits per heavy atom. The molecule has 0 heterocycles. The summed E-state index contributed by atoms with van der Waals surface area (Å²) in [5, 5.41) is 0. The lowest BCUT2D eigenvalue weighted by atomic mass is 10.2. The average molecular weight is 505 g/mol. The van der Waals surface area contributed by atoms with Crippen LogP contribution in [-0.2, 0) is 22.8 Å². The van der Waals surface area contributed by atoms with Crippen molar-refractivity contribution in [2.24, 2.45) is 0 Å². The minimum Gasteiger partial charge on any atom is -0.377 e. The Bertz CT molecular complexity index is 603. The number of hydrogen-bond donors (Lipinski definition) is 0. The molecule has 1 unspecified atom stereocenters. The molecule has 0 aromatic heterocycles. The number of hydrogen-bond acceptors (Lipinski definition) is 5. The van der Waals surface area contributed by atoms with Crippen LogP contribution in [0.1, 0.15) is 6.42 Å². The number of carbonyl (C=O) groups excluding carboxylic acids is 1. The zero-order valence-corrected chi connectivity index (χ0v) is 17.3. The van der Waals surface area contributed by atoms with Crippen molar-refractivity contribution in [3.63, 3.8) is 0 Å². The van der Waals surface area contributed by atoms with Crippen LogP contribution in [0.15, 0.2) is 0 Å². The van der Waals surface area contributed by atoms with Crippen LogP contribution in [0.25, 0.3) is 0 Å². The highest BCUT2D eigenvalue weighted by Gasteiger charge is 2.79. The lowest BCUT2D eigenvalue weighted by molar-refractivity contribution is -0.473. The summed E-state index contributed by atoms with van der Waals surface area (Å²) in [6.07, 6.45) is -21.3. The summed E-state index contributed by atoms with van der Waals surface area (Å²) in [6, 6.07) is -0.178. The Morgan fingerprint density at radius 1 is 0.806 bits per heavy atom. The van der Waals surface area contributed by atoms with E-state index in [0.717, 1.165) is 21.3 Å². The summed E-state index contributed by atoms with van der Waals surface area (Å²) < 4.78 is 159. The SMILES string of the molecule is CO[Si](CCCN(C)C(=O)C(F)(OC(F)(F)C(F)(F)C(F)(F)F)C(F)(F)F)(OC)OC. The Balaban J connectivity index is 5.72. The number of rotatable bonds is 11. The smallest absolute Gasteiger partial charge is 0.377 e. The van der Waals surface area contributed by atoms with Crippen LogP contribution in [0, 0.1) is 0 Å². The van der Waals surface area contributed by atoms with Crippen LogP contribution in [0.4, 0.5) is 48.3 Å². The molecule has 18 heteroatoms. The first-order valence-corrected chi connectivity index (χ1v) is 9.80. The van der Waals surface area contributed by atoms with E-state index in [9.17, 15) is 53.1 Å². The molecule has 186 valence electrons. The fourth-order valence-corrected chi connectivity index (χ4v) is 3.77. The summed E-state index contributed by atoms with van der Waals surface area (Å²) >= 11 is 0. The van der Waals surface area contributed by atoms with Crippen molar-refractivity contribution in [2.75, 3.05) is 34.9 Å². The highest BCUT2D eigenvalue weighted by atomic mass is 28.4. The molecule has 1 atom stereocenters. The van der Waals surface area contributed by atoms with Crippen molar-refractivity contribution in [1.29, 1.82) is 0 Å².